The number of nitrogens with zero attached hydrogens (tertiary/aromatic N) is 2. The highest BCUT2D eigenvalue weighted by Crippen LogP contribution is 2.31. The molecule has 0 spiro atoms. The van der Waals surface area contributed by atoms with E-state index >= 15 is 0 Å². The van der Waals surface area contributed by atoms with Gasteiger partial charge < -0.3 is 10.2 Å². The lowest BCUT2D eigenvalue weighted by Gasteiger charge is -2.23. The minimum absolute atomic E-state index is 0.0578. The molecule has 0 radical (unpaired) electrons. The molecule has 3 rings (SSSR count). The highest BCUT2D eigenvalue weighted by atomic mass is 32.1. The van der Waals surface area contributed by atoms with Gasteiger partial charge in [0, 0.05) is 12.3 Å². The van der Waals surface area contributed by atoms with Crippen LogP contribution in [0.3, 0.4) is 0 Å². The number of piperazine rings is 1. The van der Waals surface area contributed by atoms with Crippen LogP contribution in [0.25, 0.3) is 0 Å². The molecule has 1 aliphatic rings. The molecule has 2 amide bonds. The van der Waals surface area contributed by atoms with Crippen molar-refractivity contribution in [2.45, 2.75) is 27.3 Å². The molecule has 1 atom stereocenters. The van der Waals surface area contributed by atoms with E-state index in [-0.39, 0.29) is 11.8 Å². The third-order valence-electron chi connectivity index (χ3n) is 4.28. The number of aromatic nitrogens is 1. The summed E-state index contributed by atoms with van der Waals surface area (Å²) in [7, 11) is 0. The summed E-state index contributed by atoms with van der Waals surface area (Å²) >= 11 is 1.46. The van der Waals surface area contributed by atoms with Crippen molar-refractivity contribution in [3.8, 4) is 0 Å². The minimum atomic E-state index is -0.0578. The van der Waals surface area contributed by atoms with E-state index < -0.39 is 0 Å². The number of amides is 2. The Morgan fingerprint density at radius 1 is 1.40 bits per heavy atom. The molecular weight excluding hydrogens is 336 g/mol. The molecule has 2 aromatic rings. The van der Waals surface area contributed by atoms with Crippen molar-refractivity contribution in [2.75, 3.05) is 24.5 Å². The maximum Gasteiger partial charge on any atom is 0.275 e. The van der Waals surface area contributed by atoms with Gasteiger partial charge in [-0.3, -0.25) is 14.5 Å². The van der Waals surface area contributed by atoms with Gasteiger partial charge in [-0.25, -0.2) is 4.98 Å². The monoisotopic (exact) mass is 359 g/mol. The molecule has 2 heterocycles. The summed E-state index contributed by atoms with van der Waals surface area (Å²) in [6.07, 6.45) is 0. The summed E-state index contributed by atoms with van der Waals surface area (Å²) in [5.74, 6) is 0.0231. The second-order valence-electron chi connectivity index (χ2n) is 6.47. The van der Waals surface area contributed by atoms with Crippen LogP contribution in [0.2, 0.25) is 0 Å². The summed E-state index contributed by atoms with van der Waals surface area (Å²) in [5, 5.41) is 5.49. The second-order valence-corrected chi connectivity index (χ2v) is 7.31. The first kappa shape index (κ1) is 17.6. The van der Waals surface area contributed by atoms with Gasteiger partial charge in [-0.15, -0.1) is 11.3 Å². The summed E-state index contributed by atoms with van der Waals surface area (Å²) < 4.78 is 0. The van der Waals surface area contributed by atoms with Crippen molar-refractivity contribution in [1.29, 1.82) is 0 Å². The molecule has 6 nitrogen and oxygen atoms in total. The van der Waals surface area contributed by atoms with Crippen LogP contribution in [0, 0.1) is 13.8 Å². The molecule has 1 unspecified atom stereocenters. The lowest BCUT2D eigenvalue weighted by Crippen LogP contribution is -3.14. The summed E-state index contributed by atoms with van der Waals surface area (Å²) in [4.78, 5) is 31.3. The zero-order chi connectivity index (χ0) is 18.0. The number of anilines is 2. The fraction of sp³-hybridized carbons (Fsp3) is 0.389. The molecule has 1 saturated heterocycles. The Morgan fingerprint density at radius 3 is 2.88 bits per heavy atom. The van der Waals surface area contributed by atoms with Crippen LogP contribution >= 0.6 is 11.3 Å². The van der Waals surface area contributed by atoms with Crippen LogP contribution in [-0.4, -0.2) is 36.4 Å². The first-order valence-corrected chi connectivity index (χ1v) is 9.24. The topological polar surface area (TPSA) is 66.7 Å². The van der Waals surface area contributed by atoms with E-state index in [0.717, 1.165) is 29.1 Å². The Balaban J connectivity index is 1.82. The quantitative estimate of drug-likeness (QED) is 0.855. The van der Waals surface area contributed by atoms with Gasteiger partial charge in [-0.2, -0.15) is 0 Å². The number of carbonyl (C=O) groups excluding carboxylic acids is 2. The Hall–Kier alpha value is -2.25. The first-order valence-electron chi connectivity index (χ1n) is 8.36. The van der Waals surface area contributed by atoms with Gasteiger partial charge in [-0.1, -0.05) is 17.7 Å². The largest absolute Gasteiger partial charge is 0.346 e. The van der Waals surface area contributed by atoms with E-state index in [2.05, 4.69) is 16.4 Å². The number of quaternary nitrogens is 1. The van der Waals surface area contributed by atoms with E-state index in [1.807, 2.05) is 31.4 Å². The van der Waals surface area contributed by atoms with Gasteiger partial charge in [0.2, 0.25) is 5.91 Å². The van der Waals surface area contributed by atoms with Gasteiger partial charge in [0.05, 0.1) is 18.8 Å². The fourth-order valence-electron chi connectivity index (χ4n) is 3.11. The van der Waals surface area contributed by atoms with Gasteiger partial charge in [0.15, 0.2) is 11.7 Å². The number of nitrogens with one attached hydrogen (secondary N) is 2. The molecule has 25 heavy (non-hydrogen) atoms. The third-order valence-corrected chi connectivity index (χ3v) is 5.16. The lowest BCUT2D eigenvalue weighted by atomic mass is 10.1. The number of benzene rings is 1. The Morgan fingerprint density at radius 2 is 2.20 bits per heavy atom. The maximum absolute atomic E-state index is 12.3. The van der Waals surface area contributed by atoms with Gasteiger partial charge >= 0.3 is 0 Å². The van der Waals surface area contributed by atoms with E-state index in [1.165, 1.54) is 16.2 Å². The average Bonchev–Trinajstić information content (AvgIpc) is 2.97. The number of hydrogen-bond acceptors (Lipinski definition) is 4. The van der Waals surface area contributed by atoms with Crippen LogP contribution < -0.4 is 15.1 Å². The molecule has 1 fully saturated rings. The fourth-order valence-corrected chi connectivity index (χ4v) is 3.99. The molecule has 1 aliphatic heterocycles. The number of rotatable bonds is 4. The molecule has 132 valence electrons. The molecular formula is C18H23N4O2S+. The van der Waals surface area contributed by atoms with E-state index in [4.69, 9.17) is 0 Å². The predicted molar refractivity (Wildman–Crippen MR) is 98.3 cm³/mol. The molecule has 1 aromatic heterocycles. The third kappa shape index (κ3) is 4.05. The number of aryl methyl sites for hydroxylation is 2. The highest BCUT2D eigenvalue weighted by molar-refractivity contribution is 7.14. The van der Waals surface area contributed by atoms with Crippen molar-refractivity contribution in [1.82, 2.24) is 10.3 Å². The normalized spacial score (nSPS) is 17.2. The number of carbonyl (C=O) groups is 2. The van der Waals surface area contributed by atoms with Crippen molar-refractivity contribution in [3.05, 3.63) is 40.4 Å². The van der Waals surface area contributed by atoms with E-state index in [0.29, 0.717) is 24.8 Å². The Bertz CT molecular complexity index is 802. The van der Waals surface area contributed by atoms with E-state index in [1.54, 1.807) is 11.8 Å². The standard InChI is InChI=1S/C18H22N4O2S/c1-12-4-5-16(13(2)8-12)22(14(3)23)18-20-15(11-25-18)9-21-7-6-19-17(24)10-21/h4-5,8,11H,6-7,9-10H2,1-3H3,(H,19,24)/p+1. The Kier molecular flexibility index (Phi) is 5.15. The summed E-state index contributed by atoms with van der Waals surface area (Å²) in [6, 6.07) is 6.03. The molecule has 0 bridgehead atoms. The zero-order valence-corrected chi connectivity index (χ0v) is 15.6. The average molecular weight is 359 g/mol. The first-order chi connectivity index (χ1) is 11.9. The van der Waals surface area contributed by atoms with Gasteiger partial charge in [-0.05, 0) is 25.5 Å². The maximum atomic E-state index is 12.3. The van der Waals surface area contributed by atoms with Crippen LogP contribution in [0.4, 0.5) is 10.8 Å². The SMILES string of the molecule is CC(=O)N(c1nc(C[NH+]2CCNC(=O)C2)cs1)c1ccc(C)cc1C. The van der Waals surface area contributed by atoms with E-state index in [9.17, 15) is 9.59 Å². The molecule has 2 N–H and O–H groups in total. The second kappa shape index (κ2) is 7.33. The molecule has 1 aromatic carbocycles. The van der Waals surface area contributed by atoms with Crippen molar-refractivity contribution in [3.63, 3.8) is 0 Å². The summed E-state index contributed by atoms with van der Waals surface area (Å²) in [5.41, 5.74) is 3.99. The molecule has 0 saturated carbocycles. The van der Waals surface area contributed by atoms with Crippen molar-refractivity contribution >= 4 is 34.0 Å². The van der Waals surface area contributed by atoms with Crippen LogP contribution in [0.5, 0.6) is 0 Å². The molecule has 7 heteroatoms. The summed E-state index contributed by atoms with van der Waals surface area (Å²) in [6.45, 7) is 8.36. The lowest BCUT2D eigenvalue weighted by molar-refractivity contribution is -0.907. The molecule has 0 aliphatic carbocycles. The predicted octanol–water partition coefficient (Wildman–Crippen LogP) is 0.959. The van der Waals surface area contributed by atoms with Crippen molar-refractivity contribution < 1.29 is 14.5 Å². The van der Waals surface area contributed by atoms with Gasteiger partial charge in [0.1, 0.15) is 12.2 Å². The Labute approximate surface area is 151 Å². The smallest absolute Gasteiger partial charge is 0.275 e. The number of hydrogen-bond donors (Lipinski definition) is 2. The van der Waals surface area contributed by atoms with Crippen LogP contribution in [0.1, 0.15) is 23.7 Å². The zero-order valence-electron chi connectivity index (χ0n) is 14.8. The number of thiazole rings is 1. The van der Waals surface area contributed by atoms with Crippen molar-refractivity contribution in [2.24, 2.45) is 0 Å². The van der Waals surface area contributed by atoms with Crippen LogP contribution in [-0.2, 0) is 16.1 Å². The minimum Gasteiger partial charge on any atom is -0.346 e. The van der Waals surface area contributed by atoms with Gasteiger partial charge in [0.25, 0.3) is 5.91 Å². The van der Waals surface area contributed by atoms with Crippen LogP contribution in [0.15, 0.2) is 23.6 Å². The highest BCUT2D eigenvalue weighted by Gasteiger charge is 2.23.